The van der Waals surface area contributed by atoms with Crippen molar-refractivity contribution in [1.29, 1.82) is 0 Å². The van der Waals surface area contributed by atoms with Crippen LogP contribution in [0.5, 0.6) is 0 Å². The predicted octanol–water partition coefficient (Wildman–Crippen LogP) is 3.14. The molecule has 140 valence electrons. The summed E-state index contributed by atoms with van der Waals surface area (Å²) in [6.45, 7) is 10.3. The second kappa shape index (κ2) is 7.27. The minimum absolute atomic E-state index is 0.0489. The molecule has 26 heavy (non-hydrogen) atoms. The summed E-state index contributed by atoms with van der Waals surface area (Å²) < 4.78 is 10.5. The Morgan fingerprint density at radius 1 is 1.23 bits per heavy atom. The summed E-state index contributed by atoms with van der Waals surface area (Å²) in [5.41, 5.74) is 0. The minimum Gasteiger partial charge on any atom is -0.447 e. The molecule has 9 heteroatoms. The van der Waals surface area contributed by atoms with Crippen molar-refractivity contribution in [2.45, 2.75) is 52.6 Å². The van der Waals surface area contributed by atoms with Crippen LogP contribution in [0.1, 0.15) is 58.3 Å². The standard InChI is InChI=1S/C17H24N6O3/c1-9(2)12-8-25-17(24)23(12)13-6-7-18-16(20-13)19-11(5)15-21-14(10(3)4)22-26-15/h6-7,9-12H,8H2,1-5H3,(H,18,19,20). The van der Waals surface area contributed by atoms with Gasteiger partial charge in [0, 0.05) is 12.1 Å². The van der Waals surface area contributed by atoms with E-state index in [0.717, 1.165) is 0 Å². The Bertz CT molecular complexity index is 775. The summed E-state index contributed by atoms with van der Waals surface area (Å²) in [7, 11) is 0. The minimum atomic E-state index is -0.389. The lowest BCUT2D eigenvalue weighted by Crippen LogP contribution is -2.37. The van der Waals surface area contributed by atoms with E-state index in [9.17, 15) is 4.79 Å². The van der Waals surface area contributed by atoms with Crippen LogP contribution in [0, 0.1) is 5.92 Å². The fraction of sp³-hybridized carbons (Fsp3) is 0.588. The van der Waals surface area contributed by atoms with Crippen molar-refractivity contribution in [2.75, 3.05) is 16.8 Å². The molecular formula is C17H24N6O3. The zero-order valence-electron chi connectivity index (χ0n) is 15.6. The number of anilines is 2. The summed E-state index contributed by atoms with van der Waals surface area (Å²) in [5.74, 6) is 2.44. The molecule has 1 aliphatic heterocycles. The Morgan fingerprint density at radius 3 is 2.65 bits per heavy atom. The van der Waals surface area contributed by atoms with E-state index < -0.39 is 0 Å². The summed E-state index contributed by atoms with van der Waals surface area (Å²) in [4.78, 5) is 26.7. The summed E-state index contributed by atoms with van der Waals surface area (Å²) in [6, 6.07) is 1.38. The first-order chi connectivity index (χ1) is 12.4. The van der Waals surface area contributed by atoms with Gasteiger partial charge in [0.2, 0.25) is 11.8 Å². The molecule has 1 aliphatic rings. The number of carbonyl (C=O) groups is 1. The number of nitrogens with zero attached hydrogens (tertiary/aromatic N) is 5. The molecule has 0 aliphatic carbocycles. The molecule has 1 saturated heterocycles. The van der Waals surface area contributed by atoms with Gasteiger partial charge in [0.25, 0.3) is 0 Å². The van der Waals surface area contributed by atoms with E-state index in [0.29, 0.717) is 30.1 Å². The van der Waals surface area contributed by atoms with Crippen molar-refractivity contribution < 1.29 is 14.1 Å². The monoisotopic (exact) mass is 360 g/mol. The van der Waals surface area contributed by atoms with E-state index in [1.807, 2.05) is 34.6 Å². The molecule has 0 aromatic carbocycles. The molecule has 1 N–H and O–H groups in total. The van der Waals surface area contributed by atoms with E-state index >= 15 is 0 Å². The van der Waals surface area contributed by atoms with Gasteiger partial charge in [0.05, 0.1) is 6.04 Å². The van der Waals surface area contributed by atoms with Gasteiger partial charge in [-0.05, 0) is 18.9 Å². The largest absolute Gasteiger partial charge is 0.447 e. The third-order valence-electron chi connectivity index (χ3n) is 4.25. The summed E-state index contributed by atoms with van der Waals surface area (Å²) >= 11 is 0. The second-order valence-electron chi connectivity index (χ2n) is 7.01. The van der Waals surface area contributed by atoms with Gasteiger partial charge in [-0.2, -0.15) is 9.97 Å². The van der Waals surface area contributed by atoms with E-state index in [1.165, 1.54) is 0 Å². The Morgan fingerprint density at radius 2 is 2.00 bits per heavy atom. The van der Waals surface area contributed by atoms with Crippen LogP contribution in [0.25, 0.3) is 0 Å². The van der Waals surface area contributed by atoms with Crippen LogP contribution in [-0.4, -0.2) is 38.9 Å². The van der Waals surface area contributed by atoms with Crippen LogP contribution in [0.2, 0.25) is 0 Å². The SMILES string of the molecule is CC(C)c1noc(C(C)Nc2nccc(N3C(=O)OCC3C(C)C)n2)n1. The smallest absolute Gasteiger partial charge is 0.415 e. The van der Waals surface area contributed by atoms with Gasteiger partial charge in [0.1, 0.15) is 18.5 Å². The van der Waals surface area contributed by atoms with Gasteiger partial charge in [-0.15, -0.1) is 0 Å². The number of carbonyl (C=O) groups excluding carboxylic acids is 1. The summed E-state index contributed by atoms with van der Waals surface area (Å²) in [6.07, 6.45) is 1.22. The van der Waals surface area contributed by atoms with E-state index in [-0.39, 0.29) is 30.0 Å². The molecule has 0 radical (unpaired) electrons. The third-order valence-corrected chi connectivity index (χ3v) is 4.25. The topological polar surface area (TPSA) is 106 Å². The molecule has 9 nitrogen and oxygen atoms in total. The average Bonchev–Trinajstić information content (AvgIpc) is 3.22. The van der Waals surface area contributed by atoms with Crippen molar-refractivity contribution in [1.82, 2.24) is 20.1 Å². The van der Waals surface area contributed by atoms with Crippen molar-refractivity contribution in [3.8, 4) is 0 Å². The number of cyclic esters (lactones) is 1. The quantitative estimate of drug-likeness (QED) is 0.837. The zero-order chi connectivity index (χ0) is 18.8. The van der Waals surface area contributed by atoms with Gasteiger partial charge < -0.3 is 14.6 Å². The lowest BCUT2D eigenvalue weighted by atomic mass is 10.0. The molecule has 2 aromatic heterocycles. The van der Waals surface area contributed by atoms with Crippen LogP contribution in [0.15, 0.2) is 16.8 Å². The fourth-order valence-electron chi connectivity index (χ4n) is 2.66. The van der Waals surface area contributed by atoms with Crippen LogP contribution < -0.4 is 10.2 Å². The second-order valence-corrected chi connectivity index (χ2v) is 7.01. The lowest BCUT2D eigenvalue weighted by molar-refractivity contribution is 0.177. The van der Waals surface area contributed by atoms with Gasteiger partial charge in [0.15, 0.2) is 5.82 Å². The highest BCUT2D eigenvalue weighted by Crippen LogP contribution is 2.26. The molecule has 0 bridgehead atoms. The fourth-order valence-corrected chi connectivity index (χ4v) is 2.66. The first kappa shape index (κ1) is 18.1. The molecule has 2 unspecified atom stereocenters. The Kier molecular flexibility index (Phi) is 5.06. The van der Waals surface area contributed by atoms with Crippen LogP contribution in [-0.2, 0) is 4.74 Å². The zero-order valence-corrected chi connectivity index (χ0v) is 15.6. The first-order valence-corrected chi connectivity index (χ1v) is 8.76. The average molecular weight is 360 g/mol. The summed E-state index contributed by atoms with van der Waals surface area (Å²) in [5, 5.41) is 7.10. The van der Waals surface area contributed by atoms with Crippen molar-refractivity contribution in [2.24, 2.45) is 5.92 Å². The van der Waals surface area contributed by atoms with E-state index in [4.69, 9.17) is 9.26 Å². The normalized spacial score (nSPS) is 18.5. The molecule has 0 spiro atoms. The Labute approximate surface area is 152 Å². The number of hydrogen-bond acceptors (Lipinski definition) is 8. The first-order valence-electron chi connectivity index (χ1n) is 8.76. The molecule has 2 aromatic rings. The van der Waals surface area contributed by atoms with Crippen molar-refractivity contribution in [3.05, 3.63) is 24.0 Å². The van der Waals surface area contributed by atoms with Crippen molar-refractivity contribution in [3.63, 3.8) is 0 Å². The van der Waals surface area contributed by atoms with Gasteiger partial charge in [-0.25, -0.2) is 9.78 Å². The number of ether oxygens (including phenoxy) is 1. The number of nitrogens with one attached hydrogen (secondary N) is 1. The lowest BCUT2D eigenvalue weighted by Gasteiger charge is -2.23. The molecule has 1 amide bonds. The maximum absolute atomic E-state index is 12.1. The number of hydrogen-bond donors (Lipinski definition) is 1. The van der Waals surface area contributed by atoms with E-state index in [1.54, 1.807) is 17.2 Å². The Hall–Kier alpha value is -2.71. The maximum Gasteiger partial charge on any atom is 0.415 e. The van der Waals surface area contributed by atoms with Crippen LogP contribution >= 0.6 is 0 Å². The molecule has 2 atom stereocenters. The molecule has 3 rings (SSSR count). The molecular weight excluding hydrogens is 336 g/mol. The van der Waals surface area contributed by atoms with Crippen LogP contribution in [0.4, 0.5) is 16.6 Å². The van der Waals surface area contributed by atoms with Crippen molar-refractivity contribution >= 4 is 17.9 Å². The van der Waals surface area contributed by atoms with Gasteiger partial charge in [-0.1, -0.05) is 32.9 Å². The van der Waals surface area contributed by atoms with Crippen LogP contribution in [0.3, 0.4) is 0 Å². The van der Waals surface area contributed by atoms with Gasteiger partial charge in [-0.3, -0.25) is 4.90 Å². The molecule has 1 fully saturated rings. The predicted molar refractivity (Wildman–Crippen MR) is 94.9 cm³/mol. The third kappa shape index (κ3) is 3.61. The number of amides is 1. The number of aromatic nitrogens is 4. The Balaban J connectivity index is 1.77. The molecule has 3 heterocycles. The molecule has 0 saturated carbocycles. The maximum atomic E-state index is 12.1. The number of rotatable bonds is 6. The highest BCUT2D eigenvalue weighted by atomic mass is 16.6. The van der Waals surface area contributed by atoms with Gasteiger partial charge >= 0.3 is 6.09 Å². The highest BCUT2D eigenvalue weighted by Gasteiger charge is 2.37. The van der Waals surface area contributed by atoms with E-state index in [2.05, 4.69) is 25.4 Å². The highest BCUT2D eigenvalue weighted by molar-refractivity contribution is 5.89.